The van der Waals surface area contributed by atoms with Gasteiger partial charge in [0.05, 0.1) is 6.20 Å². The fourth-order valence-corrected chi connectivity index (χ4v) is 1.77. The summed E-state index contributed by atoms with van der Waals surface area (Å²) < 4.78 is 26.9. The summed E-state index contributed by atoms with van der Waals surface area (Å²) in [7, 11) is 0. The molecule has 0 spiro atoms. The quantitative estimate of drug-likeness (QED) is 0.916. The van der Waals surface area contributed by atoms with E-state index in [2.05, 4.69) is 15.3 Å². The molecule has 5 heteroatoms. The first-order valence-electron chi connectivity index (χ1n) is 6.14. The van der Waals surface area contributed by atoms with Gasteiger partial charge in [-0.05, 0) is 37.1 Å². The molecule has 0 amide bonds. The number of aromatic nitrogens is 2. The van der Waals surface area contributed by atoms with E-state index in [1.54, 1.807) is 6.92 Å². The van der Waals surface area contributed by atoms with Crippen molar-refractivity contribution in [1.29, 1.82) is 0 Å². The first-order chi connectivity index (χ1) is 9.11. The summed E-state index contributed by atoms with van der Waals surface area (Å²) in [5.41, 5.74) is 1.39. The Labute approximate surface area is 110 Å². The SMILES string of the molecule is CCCNc1ncc(F)c(-c2ccc(F)cc2C)n1. The summed E-state index contributed by atoms with van der Waals surface area (Å²) in [6.07, 6.45) is 2.05. The Morgan fingerprint density at radius 2 is 2.05 bits per heavy atom. The molecule has 0 aliphatic heterocycles. The van der Waals surface area contributed by atoms with E-state index in [-0.39, 0.29) is 11.5 Å². The van der Waals surface area contributed by atoms with Gasteiger partial charge in [-0.2, -0.15) is 0 Å². The highest BCUT2D eigenvalue weighted by Crippen LogP contribution is 2.25. The zero-order valence-electron chi connectivity index (χ0n) is 10.9. The molecule has 3 nitrogen and oxygen atoms in total. The molecule has 0 atom stereocenters. The van der Waals surface area contributed by atoms with Gasteiger partial charge in [-0.1, -0.05) is 6.92 Å². The van der Waals surface area contributed by atoms with Crippen LogP contribution in [0.15, 0.2) is 24.4 Å². The molecule has 0 unspecified atom stereocenters. The fraction of sp³-hybridized carbons (Fsp3) is 0.286. The first kappa shape index (κ1) is 13.4. The minimum absolute atomic E-state index is 0.186. The summed E-state index contributed by atoms with van der Waals surface area (Å²) in [6.45, 7) is 4.45. The highest BCUT2D eigenvalue weighted by atomic mass is 19.1. The molecule has 1 N–H and O–H groups in total. The molecule has 2 aromatic rings. The Bertz CT molecular complexity index is 585. The maximum absolute atomic E-state index is 13.8. The van der Waals surface area contributed by atoms with Crippen molar-refractivity contribution in [3.05, 3.63) is 41.6 Å². The average Bonchev–Trinajstić information content (AvgIpc) is 2.38. The summed E-state index contributed by atoms with van der Waals surface area (Å²) >= 11 is 0. The van der Waals surface area contributed by atoms with Gasteiger partial charge in [0.15, 0.2) is 5.82 Å². The van der Waals surface area contributed by atoms with Crippen LogP contribution in [0.2, 0.25) is 0 Å². The molecule has 1 aromatic heterocycles. The Morgan fingerprint density at radius 1 is 1.26 bits per heavy atom. The molecule has 1 heterocycles. The summed E-state index contributed by atoms with van der Waals surface area (Å²) in [6, 6.07) is 4.18. The van der Waals surface area contributed by atoms with Gasteiger partial charge in [-0.3, -0.25) is 0 Å². The van der Waals surface area contributed by atoms with E-state index in [1.807, 2.05) is 6.92 Å². The highest BCUT2D eigenvalue weighted by molar-refractivity contribution is 5.64. The smallest absolute Gasteiger partial charge is 0.223 e. The molecule has 0 fully saturated rings. The van der Waals surface area contributed by atoms with Crippen molar-refractivity contribution in [2.75, 3.05) is 11.9 Å². The van der Waals surface area contributed by atoms with Gasteiger partial charge in [-0.25, -0.2) is 18.7 Å². The molecule has 1 aromatic carbocycles. The van der Waals surface area contributed by atoms with Crippen molar-refractivity contribution < 1.29 is 8.78 Å². The number of halogens is 2. The Kier molecular flexibility index (Phi) is 4.04. The van der Waals surface area contributed by atoms with E-state index in [0.29, 0.717) is 23.6 Å². The number of hydrogen-bond donors (Lipinski definition) is 1. The van der Waals surface area contributed by atoms with Crippen LogP contribution in [0.4, 0.5) is 14.7 Å². The molecule has 2 rings (SSSR count). The Morgan fingerprint density at radius 3 is 2.74 bits per heavy atom. The van der Waals surface area contributed by atoms with Crippen LogP contribution in [-0.4, -0.2) is 16.5 Å². The largest absolute Gasteiger partial charge is 0.354 e. The van der Waals surface area contributed by atoms with Crippen molar-refractivity contribution in [3.63, 3.8) is 0 Å². The molecule has 0 aliphatic rings. The monoisotopic (exact) mass is 263 g/mol. The predicted molar refractivity (Wildman–Crippen MR) is 70.9 cm³/mol. The van der Waals surface area contributed by atoms with Crippen LogP contribution in [0.1, 0.15) is 18.9 Å². The highest BCUT2D eigenvalue weighted by Gasteiger charge is 2.12. The molecule has 0 saturated carbocycles. The van der Waals surface area contributed by atoms with E-state index in [1.165, 1.54) is 18.2 Å². The third-order valence-electron chi connectivity index (χ3n) is 2.72. The van der Waals surface area contributed by atoms with Crippen molar-refractivity contribution in [2.24, 2.45) is 0 Å². The molecule has 0 radical (unpaired) electrons. The second-order valence-corrected chi connectivity index (χ2v) is 4.28. The Balaban J connectivity index is 2.42. The average molecular weight is 263 g/mol. The van der Waals surface area contributed by atoms with Crippen LogP contribution in [-0.2, 0) is 0 Å². The topological polar surface area (TPSA) is 37.8 Å². The van der Waals surface area contributed by atoms with Crippen molar-refractivity contribution >= 4 is 5.95 Å². The van der Waals surface area contributed by atoms with Gasteiger partial charge >= 0.3 is 0 Å². The third kappa shape index (κ3) is 3.05. The lowest BCUT2D eigenvalue weighted by Crippen LogP contribution is -2.06. The van der Waals surface area contributed by atoms with Crippen molar-refractivity contribution in [3.8, 4) is 11.3 Å². The number of aryl methyl sites for hydroxylation is 1. The lowest BCUT2D eigenvalue weighted by molar-refractivity contribution is 0.616. The summed E-state index contributed by atoms with van der Waals surface area (Å²) in [5.74, 6) is -0.487. The van der Waals surface area contributed by atoms with E-state index >= 15 is 0 Å². The first-order valence-corrected chi connectivity index (χ1v) is 6.14. The number of nitrogens with zero attached hydrogens (tertiary/aromatic N) is 2. The fourth-order valence-electron chi connectivity index (χ4n) is 1.77. The minimum atomic E-state index is -0.517. The third-order valence-corrected chi connectivity index (χ3v) is 2.72. The van der Waals surface area contributed by atoms with E-state index in [9.17, 15) is 8.78 Å². The van der Waals surface area contributed by atoms with Crippen LogP contribution >= 0.6 is 0 Å². The summed E-state index contributed by atoms with van der Waals surface area (Å²) in [5, 5.41) is 3.00. The van der Waals surface area contributed by atoms with Crippen LogP contribution in [0.25, 0.3) is 11.3 Å². The summed E-state index contributed by atoms with van der Waals surface area (Å²) in [4.78, 5) is 8.03. The van der Waals surface area contributed by atoms with E-state index in [4.69, 9.17) is 0 Å². The zero-order chi connectivity index (χ0) is 13.8. The van der Waals surface area contributed by atoms with Gasteiger partial charge in [0, 0.05) is 12.1 Å². The number of benzene rings is 1. The van der Waals surface area contributed by atoms with Gasteiger partial charge in [0.2, 0.25) is 5.95 Å². The van der Waals surface area contributed by atoms with Gasteiger partial charge in [0.1, 0.15) is 11.5 Å². The van der Waals surface area contributed by atoms with Gasteiger partial charge < -0.3 is 5.32 Å². The number of nitrogens with one attached hydrogen (secondary N) is 1. The van der Waals surface area contributed by atoms with E-state index in [0.717, 1.165) is 12.6 Å². The minimum Gasteiger partial charge on any atom is -0.354 e. The number of hydrogen-bond acceptors (Lipinski definition) is 3. The van der Waals surface area contributed by atoms with Crippen LogP contribution in [0.3, 0.4) is 0 Å². The molecule has 0 aliphatic carbocycles. The second-order valence-electron chi connectivity index (χ2n) is 4.28. The number of anilines is 1. The van der Waals surface area contributed by atoms with Crippen LogP contribution in [0.5, 0.6) is 0 Å². The zero-order valence-corrected chi connectivity index (χ0v) is 10.9. The standard InChI is InChI=1S/C14H15F2N3/c1-3-6-17-14-18-8-12(16)13(19-14)11-5-4-10(15)7-9(11)2/h4-5,7-8H,3,6H2,1-2H3,(H,17,18,19). The molecular formula is C14H15F2N3. The molecular weight excluding hydrogens is 248 g/mol. The molecule has 0 saturated heterocycles. The van der Waals surface area contributed by atoms with Gasteiger partial charge in [0.25, 0.3) is 0 Å². The lowest BCUT2D eigenvalue weighted by atomic mass is 10.1. The second kappa shape index (κ2) is 5.73. The lowest BCUT2D eigenvalue weighted by Gasteiger charge is -2.09. The normalized spacial score (nSPS) is 10.5. The van der Waals surface area contributed by atoms with Crippen LogP contribution < -0.4 is 5.32 Å². The van der Waals surface area contributed by atoms with E-state index < -0.39 is 5.82 Å². The van der Waals surface area contributed by atoms with Gasteiger partial charge in [-0.15, -0.1) is 0 Å². The molecule has 19 heavy (non-hydrogen) atoms. The van der Waals surface area contributed by atoms with Crippen molar-refractivity contribution in [2.45, 2.75) is 20.3 Å². The predicted octanol–water partition coefficient (Wildman–Crippen LogP) is 3.55. The maximum Gasteiger partial charge on any atom is 0.223 e. The maximum atomic E-state index is 13.8. The molecule has 0 bridgehead atoms. The van der Waals surface area contributed by atoms with Crippen molar-refractivity contribution in [1.82, 2.24) is 9.97 Å². The Hall–Kier alpha value is -2.04. The number of rotatable bonds is 4. The van der Waals surface area contributed by atoms with Crippen LogP contribution in [0, 0.1) is 18.6 Å². The molecule has 100 valence electrons.